The van der Waals surface area contributed by atoms with E-state index >= 15 is 0 Å². The van der Waals surface area contributed by atoms with Gasteiger partial charge in [0.1, 0.15) is 17.1 Å². The van der Waals surface area contributed by atoms with Gasteiger partial charge in [0, 0.05) is 75.5 Å². The highest BCUT2D eigenvalue weighted by Gasteiger charge is 2.29. The molecule has 13 nitrogen and oxygen atoms in total. The van der Waals surface area contributed by atoms with Gasteiger partial charge in [-0.05, 0) is 91.7 Å². The van der Waals surface area contributed by atoms with E-state index in [0.29, 0.717) is 39.1 Å². The topological polar surface area (TPSA) is 168 Å². The summed E-state index contributed by atoms with van der Waals surface area (Å²) in [5.41, 5.74) is 6.78. The number of alkyl carbamates (subject to hydrolysis) is 1. The first-order valence-electron chi connectivity index (χ1n) is 25.6. The molecule has 13 heteroatoms. The van der Waals surface area contributed by atoms with Crippen molar-refractivity contribution in [2.24, 2.45) is 17.9 Å². The van der Waals surface area contributed by atoms with Crippen molar-refractivity contribution in [3.05, 3.63) is 149 Å². The average Bonchev–Trinajstić information content (AvgIpc) is 3.79. The number of aromatic nitrogens is 2. The lowest BCUT2D eigenvalue weighted by atomic mass is 9.86. The van der Waals surface area contributed by atoms with Crippen molar-refractivity contribution in [3.63, 3.8) is 0 Å². The number of aliphatic hydroxyl groups excluding tert-OH is 2. The zero-order chi connectivity index (χ0) is 52.5. The van der Waals surface area contributed by atoms with Crippen LogP contribution in [0, 0.1) is 10.8 Å². The molecule has 0 radical (unpaired) electrons. The van der Waals surface area contributed by atoms with Crippen LogP contribution in [0.3, 0.4) is 0 Å². The van der Waals surface area contributed by atoms with Crippen molar-refractivity contribution in [1.82, 2.24) is 30.8 Å². The molecule has 392 valence electrons. The molecule has 5 aromatic rings. The summed E-state index contributed by atoms with van der Waals surface area (Å²) in [5, 5.41) is 34.9. The van der Waals surface area contributed by atoms with Gasteiger partial charge in [-0.25, -0.2) is 9.78 Å². The van der Waals surface area contributed by atoms with Crippen LogP contribution in [0.15, 0.2) is 116 Å². The molecule has 2 aliphatic rings. The van der Waals surface area contributed by atoms with Crippen molar-refractivity contribution >= 4 is 12.0 Å². The van der Waals surface area contributed by atoms with Crippen LogP contribution in [0.1, 0.15) is 128 Å². The molecule has 0 fully saturated rings. The van der Waals surface area contributed by atoms with Gasteiger partial charge in [-0.15, -0.1) is 0 Å². The average molecular weight is 989 g/mol. The number of rotatable bonds is 16. The van der Waals surface area contributed by atoms with E-state index in [1.54, 1.807) is 12.5 Å². The van der Waals surface area contributed by atoms with Gasteiger partial charge in [-0.2, -0.15) is 0 Å². The van der Waals surface area contributed by atoms with Gasteiger partial charge in [-0.1, -0.05) is 126 Å². The van der Waals surface area contributed by atoms with Gasteiger partial charge in [0.15, 0.2) is 0 Å². The first-order valence-corrected chi connectivity index (χ1v) is 25.6. The molecule has 72 heavy (non-hydrogen) atoms. The second kappa shape index (κ2) is 26.8. The number of carbonyl (C=O) groups is 2. The van der Waals surface area contributed by atoms with E-state index in [1.165, 1.54) is 18.1 Å². The number of benzene rings is 4. The Morgan fingerprint density at radius 1 is 0.667 bits per heavy atom. The van der Waals surface area contributed by atoms with E-state index < -0.39 is 29.9 Å². The zero-order valence-electron chi connectivity index (χ0n) is 44.8. The Kier molecular flexibility index (Phi) is 21.3. The van der Waals surface area contributed by atoms with E-state index in [2.05, 4.69) is 104 Å². The molecule has 1 aromatic heterocycles. The third kappa shape index (κ3) is 20.4. The Morgan fingerprint density at radius 3 is 1.47 bits per heavy atom. The zero-order valence-corrected chi connectivity index (χ0v) is 44.8. The molecule has 0 saturated heterocycles. The molecule has 7 rings (SSSR count). The summed E-state index contributed by atoms with van der Waals surface area (Å²) >= 11 is 0. The molecular weight excluding hydrogens is 905 g/mol. The monoisotopic (exact) mass is 989 g/mol. The number of ether oxygens (including phenoxy) is 3. The highest BCUT2D eigenvalue weighted by atomic mass is 16.6. The number of hydrogen-bond donors (Lipinski definition) is 6. The molecule has 0 bridgehead atoms. The first kappa shape index (κ1) is 57.2. The van der Waals surface area contributed by atoms with Crippen LogP contribution in [0.4, 0.5) is 4.79 Å². The van der Waals surface area contributed by atoms with E-state index in [-0.39, 0.29) is 34.9 Å². The van der Waals surface area contributed by atoms with Crippen molar-refractivity contribution in [1.29, 1.82) is 0 Å². The van der Waals surface area contributed by atoms with Crippen LogP contribution in [0.2, 0.25) is 0 Å². The molecule has 0 unspecified atom stereocenters. The van der Waals surface area contributed by atoms with Gasteiger partial charge in [0.25, 0.3) is 0 Å². The fourth-order valence-corrected chi connectivity index (χ4v) is 8.92. The molecule has 2 amide bonds. The number of aryl methyl sites for hydroxylation is 1. The Bertz CT molecular complexity index is 2390. The minimum absolute atomic E-state index is 0.0761. The van der Waals surface area contributed by atoms with E-state index in [9.17, 15) is 19.8 Å². The van der Waals surface area contributed by atoms with Crippen molar-refractivity contribution in [2.75, 3.05) is 26.3 Å². The van der Waals surface area contributed by atoms with Gasteiger partial charge in [0.2, 0.25) is 5.91 Å². The van der Waals surface area contributed by atoms with Crippen LogP contribution in [-0.4, -0.2) is 88.0 Å². The van der Waals surface area contributed by atoms with Crippen molar-refractivity contribution in [3.8, 4) is 11.5 Å². The Labute approximate surface area is 429 Å². The van der Waals surface area contributed by atoms with Crippen LogP contribution in [-0.2, 0) is 42.3 Å². The molecule has 4 aromatic carbocycles. The number of nitrogens with zero attached hydrogens (tertiary/aromatic N) is 2. The van der Waals surface area contributed by atoms with Gasteiger partial charge in [-0.3, -0.25) is 4.79 Å². The molecular formula is C59H84N6O7. The van der Waals surface area contributed by atoms with Gasteiger partial charge >= 0.3 is 6.09 Å². The smallest absolute Gasteiger partial charge is 0.407 e. The number of hydrogen-bond acceptors (Lipinski definition) is 10. The fraction of sp³-hybridized carbons (Fsp3) is 0.508. The van der Waals surface area contributed by atoms with Crippen molar-refractivity contribution < 1.29 is 34.0 Å². The standard InChI is InChI=1S/C29H42N2O4.C26H36N2O3.C4H6N2/c1-28(2,3)18-21-12-13-26-22(16-21)23(14-15-34-26)30-19-25(32)24(17-20-10-8-7-9-11-20)31-27(33)35-29(4,5)6;1-18(29)28-23(15-19-8-6-5-7-9-19)24(30)17-27-22-12-13-31-25-11-10-20(14-21(22)25)16-26(2,3)4;1-6-3-2-5-4-6/h7-13,16,23-25,30,32H,14-15,17-19H2,1-6H3,(H,31,33);5-11,14,22-24,27,30H,12-13,15-17H2,1-4H3,(H,28,29);2-4H,1H3/t23-,24-,25+;22-,23-,24+;/m00./s1. The summed E-state index contributed by atoms with van der Waals surface area (Å²) in [4.78, 5) is 28.0. The van der Waals surface area contributed by atoms with Gasteiger partial charge < -0.3 is 50.3 Å². The fourth-order valence-electron chi connectivity index (χ4n) is 8.92. The molecule has 6 N–H and O–H groups in total. The highest BCUT2D eigenvalue weighted by Crippen LogP contribution is 2.36. The lowest BCUT2D eigenvalue weighted by Gasteiger charge is -2.31. The second-order valence-electron chi connectivity index (χ2n) is 22.7. The molecule has 0 aliphatic carbocycles. The number of nitrogens with one attached hydrogen (secondary N) is 4. The van der Waals surface area contributed by atoms with E-state index in [1.807, 2.05) is 99.2 Å². The summed E-state index contributed by atoms with van der Waals surface area (Å²) < 4.78 is 19.1. The number of amides is 2. The van der Waals surface area contributed by atoms with Crippen molar-refractivity contribution in [2.45, 2.75) is 150 Å². The largest absolute Gasteiger partial charge is 0.493 e. The predicted octanol–water partition coefficient (Wildman–Crippen LogP) is 9.40. The predicted molar refractivity (Wildman–Crippen MR) is 287 cm³/mol. The summed E-state index contributed by atoms with van der Waals surface area (Å²) in [5.74, 6) is 1.68. The minimum atomic E-state index is -0.799. The van der Waals surface area contributed by atoms with Crippen LogP contribution < -0.4 is 30.7 Å². The van der Waals surface area contributed by atoms with E-state index in [0.717, 1.165) is 59.4 Å². The summed E-state index contributed by atoms with van der Waals surface area (Å²) in [6.07, 6.45) is 8.10. The third-order valence-corrected chi connectivity index (χ3v) is 12.1. The lowest BCUT2D eigenvalue weighted by Crippen LogP contribution is -2.50. The molecule has 0 spiro atoms. The third-order valence-electron chi connectivity index (χ3n) is 12.1. The molecule has 6 atom stereocenters. The van der Waals surface area contributed by atoms with Crippen LogP contribution >= 0.6 is 0 Å². The quantitative estimate of drug-likeness (QED) is 0.0561. The maximum absolute atomic E-state index is 12.5. The molecule has 3 heterocycles. The lowest BCUT2D eigenvalue weighted by molar-refractivity contribution is -0.120. The normalized spacial score (nSPS) is 17.0. The Balaban J connectivity index is 0.000000240. The summed E-state index contributed by atoms with van der Waals surface area (Å²) in [6, 6.07) is 32.0. The number of carbonyl (C=O) groups excluding carboxylic acids is 2. The van der Waals surface area contributed by atoms with Crippen LogP contribution in [0.25, 0.3) is 0 Å². The van der Waals surface area contributed by atoms with E-state index in [4.69, 9.17) is 14.2 Å². The number of imidazole rings is 1. The maximum Gasteiger partial charge on any atom is 0.407 e. The Hall–Kier alpha value is -5.73. The summed E-state index contributed by atoms with van der Waals surface area (Å²) in [7, 11) is 1.94. The second-order valence-corrected chi connectivity index (χ2v) is 22.7. The first-order chi connectivity index (χ1) is 34.0. The highest BCUT2D eigenvalue weighted by molar-refractivity contribution is 5.73. The maximum atomic E-state index is 12.5. The van der Waals surface area contributed by atoms with Crippen LogP contribution in [0.5, 0.6) is 11.5 Å². The summed E-state index contributed by atoms with van der Waals surface area (Å²) in [6.45, 7) is 22.4. The molecule has 2 aliphatic heterocycles. The minimum Gasteiger partial charge on any atom is -0.493 e. The Morgan fingerprint density at radius 2 is 1.11 bits per heavy atom. The SMILES string of the molecule is CC(=O)N[C@@H](Cc1ccccc1)[C@H](O)CN[C@H]1CCOc2ccc(CC(C)(C)C)cc21.CC(C)(C)Cc1ccc2c(c1)[C@@H](NC[C@@H](O)[C@H](Cc1ccccc1)NC(=O)OC(C)(C)C)CCO2.Cn1ccnc1. The number of fused-ring (bicyclic) bond motifs is 2. The molecule has 0 saturated carbocycles. The van der Waals surface area contributed by atoms with Gasteiger partial charge in [0.05, 0.1) is 43.8 Å². The number of aliphatic hydroxyl groups is 2.